The minimum atomic E-state index is -0.289. The highest BCUT2D eigenvalue weighted by Gasteiger charge is 2.38. The molecule has 4 nitrogen and oxygen atoms in total. The zero-order valence-corrected chi connectivity index (χ0v) is 36.0. The Morgan fingerprint density at radius 3 is 1.38 bits per heavy atom. The van der Waals surface area contributed by atoms with E-state index in [0.717, 1.165) is 78.0 Å². The van der Waals surface area contributed by atoms with Crippen molar-refractivity contribution in [2.45, 2.75) is 19.3 Å². The number of hydrogen-bond donors (Lipinski definition) is 0. The SMILES string of the molecule is CC1(C)c2cc(N(c3ccccc3)c3cccc4c3oc3ccccc34)ccc2-c2c1cc(-c1ccc(N(c3ccccc3)c3cccc4c3oc3ccccc34)cc1)c1ccccc21. The van der Waals surface area contributed by atoms with Crippen LogP contribution in [0.1, 0.15) is 25.0 Å². The van der Waals surface area contributed by atoms with E-state index in [9.17, 15) is 0 Å². The first-order chi connectivity index (χ1) is 32.0. The molecule has 0 radical (unpaired) electrons. The fourth-order valence-electron chi connectivity index (χ4n) is 10.6. The lowest BCUT2D eigenvalue weighted by molar-refractivity contribution is 0.661. The molecule has 1 aliphatic carbocycles. The summed E-state index contributed by atoms with van der Waals surface area (Å²) in [4.78, 5) is 4.66. The molecular formula is C61H42N2O2. The lowest BCUT2D eigenvalue weighted by Crippen LogP contribution is -2.17. The molecule has 0 N–H and O–H groups in total. The number of hydrogen-bond acceptors (Lipinski definition) is 4. The molecule has 12 aromatic rings. The number of nitrogens with zero attached hydrogens (tertiary/aromatic N) is 2. The Kier molecular flexibility index (Phi) is 8.22. The molecular weight excluding hydrogens is 793 g/mol. The summed E-state index contributed by atoms with van der Waals surface area (Å²) in [5, 5.41) is 6.95. The van der Waals surface area contributed by atoms with E-state index in [1.54, 1.807) is 0 Å². The fraction of sp³-hybridized carbons (Fsp3) is 0.0492. The van der Waals surface area contributed by atoms with E-state index in [-0.39, 0.29) is 5.41 Å². The summed E-state index contributed by atoms with van der Waals surface area (Å²) in [5.41, 5.74) is 17.1. The maximum absolute atomic E-state index is 6.64. The topological polar surface area (TPSA) is 32.8 Å². The molecule has 65 heavy (non-hydrogen) atoms. The molecule has 308 valence electrons. The van der Waals surface area contributed by atoms with E-state index in [0.29, 0.717) is 0 Å². The average Bonchev–Trinajstić information content (AvgIpc) is 4.01. The van der Waals surface area contributed by atoms with Gasteiger partial charge in [-0.2, -0.15) is 0 Å². The molecule has 2 aromatic heterocycles. The minimum Gasteiger partial charge on any atom is -0.454 e. The predicted octanol–water partition coefficient (Wildman–Crippen LogP) is 17.6. The summed E-state index contributed by atoms with van der Waals surface area (Å²) in [6, 6.07) is 78.2. The van der Waals surface area contributed by atoms with Crippen LogP contribution in [0.15, 0.2) is 227 Å². The zero-order valence-electron chi connectivity index (χ0n) is 36.0. The van der Waals surface area contributed by atoms with Gasteiger partial charge < -0.3 is 18.6 Å². The molecule has 0 amide bonds. The first-order valence-corrected chi connectivity index (χ1v) is 22.3. The molecule has 4 heteroatoms. The normalized spacial score (nSPS) is 12.9. The molecule has 0 bridgehead atoms. The highest BCUT2D eigenvalue weighted by Crippen LogP contribution is 2.55. The van der Waals surface area contributed by atoms with Crippen LogP contribution in [0.25, 0.3) is 76.9 Å². The van der Waals surface area contributed by atoms with Crippen molar-refractivity contribution in [2.75, 3.05) is 9.80 Å². The van der Waals surface area contributed by atoms with E-state index < -0.39 is 0 Å². The Morgan fingerprint density at radius 1 is 0.338 bits per heavy atom. The van der Waals surface area contributed by atoms with E-state index in [4.69, 9.17) is 8.83 Å². The maximum atomic E-state index is 6.64. The van der Waals surface area contributed by atoms with Crippen molar-refractivity contribution in [3.63, 3.8) is 0 Å². The van der Waals surface area contributed by atoms with Gasteiger partial charge in [0.05, 0.1) is 11.4 Å². The van der Waals surface area contributed by atoms with Gasteiger partial charge in [0.15, 0.2) is 11.2 Å². The number of anilines is 6. The van der Waals surface area contributed by atoms with Crippen molar-refractivity contribution in [2.24, 2.45) is 0 Å². The monoisotopic (exact) mass is 834 g/mol. The van der Waals surface area contributed by atoms with Crippen LogP contribution in [0.4, 0.5) is 34.1 Å². The lowest BCUT2D eigenvalue weighted by Gasteiger charge is -2.28. The first kappa shape index (κ1) is 37.2. The van der Waals surface area contributed by atoms with Gasteiger partial charge >= 0.3 is 0 Å². The quantitative estimate of drug-likeness (QED) is 0.160. The molecule has 1 aliphatic rings. The van der Waals surface area contributed by atoms with E-state index in [1.165, 1.54) is 44.2 Å². The van der Waals surface area contributed by atoms with Crippen LogP contribution in [0.2, 0.25) is 0 Å². The highest BCUT2D eigenvalue weighted by atomic mass is 16.3. The van der Waals surface area contributed by atoms with Gasteiger partial charge in [0.2, 0.25) is 0 Å². The van der Waals surface area contributed by atoms with Crippen molar-refractivity contribution in [3.8, 4) is 22.3 Å². The van der Waals surface area contributed by atoms with Gasteiger partial charge in [0.1, 0.15) is 11.2 Å². The van der Waals surface area contributed by atoms with E-state index >= 15 is 0 Å². The van der Waals surface area contributed by atoms with Crippen LogP contribution >= 0.6 is 0 Å². The van der Waals surface area contributed by atoms with Crippen molar-refractivity contribution in [1.29, 1.82) is 0 Å². The number of furan rings is 2. The highest BCUT2D eigenvalue weighted by molar-refractivity contribution is 6.13. The Balaban J connectivity index is 0.934. The van der Waals surface area contributed by atoms with Crippen LogP contribution in [-0.4, -0.2) is 0 Å². The fourth-order valence-corrected chi connectivity index (χ4v) is 10.6. The number of fused-ring (bicyclic) bond motifs is 11. The standard InChI is InChI=1S/C61H42N2O2/c1-61(2)52-37-43(63(41-19-7-4-8-20-41)55-28-16-26-49-46-23-12-14-30-57(46)65-60(49)55)35-36-50(52)58-47-24-10-9-21-44(47)51(38-53(58)61)39-31-33-42(34-32-39)62(40-17-5-3-6-18-40)54-27-15-25-48-45-22-11-13-29-56(45)64-59(48)54/h3-38H,1-2H3. The predicted molar refractivity (Wildman–Crippen MR) is 271 cm³/mol. The third-order valence-electron chi connectivity index (χ3n) is 13.6. The smallest absolute Gasteiger partial charge is 0.159 e. The van der Waals surface area contributed by atoms with Crippen LogP contribution in [-0.2, 0) is 5.41 Å². The maximum Gasteiger partial charge on any atom is 0.159 e. The van der Waals surface area contributed by atoms with Gasteiger partial charge in [-0.05, 0) is 123 Å². The Hall–Kier alpha value is -8.34. The Bertz CT molecular complexity index is 3810. The van der Waals surface area contributed by atoms with Gasteiger partial charge in [-0.15, -0.1) is 0 Å². The Morgan fingerprint density at radius 2 is 0.800 bits per heavy atom. The van der Waals surface area contributed by atoms with Gasteiger partial charge in [0.25, 0.3) is 0 Å². The lowest BCUT2D eigenvalue weighted by atomic mass is 9.80. The van der Waals surface area contributed by atoms with Crippen LogP contribution < -0.4 is 9.80 Å². The molecule has 0 saturated carbocycles. The van der Waals surface area contributed by atoms with Gasteiger partial charge in [-0.3, -0.25) is 0 Å². The Labute approximate surface area is 376 Å². The van der Waals surface area contributed by atoms with Crippen LogP contribution in [0, 0.1) is 0 Å². The van der Waals surface area contributed by atoms with Gasteiger partial charge in [-0.25, -0.2) is 0 Å². The van der Waals surface area contributed by atoms with Gasteiger partial charge in [0, 0.05) is 49.7 Å². The third kappa shape index (κ3) is 5.70. The van der Waals surface area contributed by atoms with Crippen molar-refractivity contribution in [1.82, 2.24) is 0 Å². The molecule has 2 heterocycles. The van der Waals surface area contributed by atoms with Crippen LogP contribution in [0.3, 0.4) is 0 Å². The van der Waals surface area contributed by atoms with Crippen molar-refractivity contribution < 1.29 is 8.83 Å². The summed E-state index contributed by atoms with van der Waals surface area (Å²) >= 11 is 0. The molecule has 0 atom stereocenters. The van der Waals surface area contributed by atoms with Crippen LogP contribution in [0.5, 0.6) is 0 Å². The van der Waals surface area contributed by atoms with E-state index in [1.807, 2.05) is 18.2 Å². The second-order valence-corrected chi connectivity index (χ2v) is 17.6. The summed E-state index contributed by atoms with van der Waals surface area (Å²) in [6.07, 6.45) is 0. The minimum absolute atomic E-state index is 0.289. The summed E-state index contributed by atoms with van der Waals surface area (Å²) in [6.45, 7) is 4.76. The molecule has 13 rings (SSSR count). The largest absolute Gasteiger partial charge is 0.454 e. The first-order valence-electron chi connectivity index (χ1n) is 22.3. The third-order valence-corrected chi connectivity index (χ3v) is 13.6. The summed E-state index contributed by atoms with van der Waals surface area (Å²) in [5.74, 6) is 0. The molecule has 0 saturated heterocycles. The van der Waals surface area contributed by atoms with Crippen molar-refractivity contribution >= 4 is 88.8 Å². The number of rotatable bonds is 7. The zero-order chi connectivity index (χ0) is 43.2. The summed E-state index contributed by atoms with van der Waals surface area (Å²) in [7, 11) is 0. The summed E-state index contributed by atoms with van der Waals surface area (Å²) < 4.78 is 13.2. The average molecular weight is 835 g/mol. The molecule has 0 fully saturated rings. The second-order valence-electron chi connectivity index (χ2n) is 17.6. The molecule has 0 spiro atoms. The van der Waals surface area contributed by atoms with Gasteiger partial charge in [-0.1, -0.05) is 153 Å². The number of para-hydroxylation sites is 6. The van der Waals surface area contributed by atoms with Crippen molar-refractivity contribution in [3.05, 3.63) is 230 Å². The molecule has 0 unspecified atom stereocenters. The second kappa shape index (κ2) is 14.3. The molecule has 10 aromatic carbocycles. The molecule has 0 aliphatic heterocycles. The van der Waals surface area contributed by atoms with E-state index in [2.05, 4.69) is 224 Å². The number of benzene rings is 10.